The molecule has 0 aliphatic carbocycles. The molecule has 2 amide bonds. The van der Waals surface area contributed by atoms with Gasteiger partial charge in [-0.2, -0.15) is 0 Å². The van der Waals surface area contributed by atoms with Gasteiger partial charge >= 0.3 is 0 Å². The molecule has 3 aromatic rings. The first-order valence-electron chi connectivity index (χ1n) is 7.84. The molecule has 1 aromatic heterocycles. The van der Waals surface area contributed by atoms with E-state index in [4.69, 9.17) is 0 Å². The van der Waals surface area contributed by atoms with E-state index in [1.165, 1.54) is 0 Å². The number of aryl methyl sites for hydroxylation is 1. The van der Waals surface area contributed by atoms with E-state index in [9.17, 15) is 9.59 Å². The lowest BCUT2D eigenvalue weighted by Crippen LogP contribution is -2.18. The summed E-state index contributed by atoms with van der Waals surface area (Å²) < 4.78 is 0. The Morgan fingerprint density at radius 2 is 1.32 bits per heavy atom. The second-order valence-electron chi connectivity index (χ2n) is 5.50. The van der Waals surface area contributed by atoms with Crippen molar-refractivity contribution < 1.29 is 9.59 Å². The topological polar surface area (TPSA) is 71.1 Å². The van der Waals surface area contributed by atoms with Crippen LogP contribution in [0.2, 0.25) is 0 Å². The number of para-hydroxylation sites is 2. The Balaban J connectivity index is 1.76. The lowest BCUT2D eigenvalue weighted by Gasteiger charge is -2.09. The minimum atomic E-state index is -0.364. The van der Waals surface area contributed by atoms with Crippen molar-refractivity contribution in [3.63, 3.8) is 0 Å². The lowest BCUT2D eigenvalue weighted by atomic mass is 10.2. The smallest absolute Gasteiger partial charge is 0.274 e. The highest BCUT2D eigenvalue weighted by Gasteiger charge is 2.13. The zero-order valence-corrected chi connectivity index (χ0v) is 13.7. The summed E-state index contributed by atoms with van der Waals surface area (Å²) in [6, 6.07) is 21.4. The minimum absolute atomic E-state index is 0.182. The largest absolute Gasteiger partial charge is 0.321 e. The molecule has 0 unspecified atom stereocenters. The first kappa shape index (κ1) is 16.4. The van der Waals surface area contributed by atoms with Crippen molar-refractivity contribution in [1.29, 1.82) is 0 Å². The van der Waals surface area contributed by atoms with Gasteiger partial charge in [-0.3, -0.25) is 9.59 Å². The van der Waals surface area contributed by atoms with Gasteiger partial charge in [-0.05, 0) is 42.8 Å². The molecule has 0 radical (unpaired) electrons. The Morgan fingerprint density at radius 3 is 2.00 bits per heavy atom. The molecule has 0 saturated heterocycles. The summed E-state index contributed by atoms with van der Waals surface area (Å²) in [6.45, 7) is 1.91. The summed E-state index contributed by atoms with van der Waals surface area (Å²) in [5.41, 5.74) is 2.71. The first-order valence-corrected chi connectivity index (χ1v) is 7.84. The van der Waals surface area contributed by atoms with Crippen molar-refractivity contribution in [1.82, 2.24) is 4.98 Å². The third-order valence-electron chi connectivity index (χ3n) is 3.64. The van der Waals surface area contributed by atoms with Gasteiger partial charge in [0.25, 0.3) is 11.8 Å². The van der Waals surface area contributed by atoms with Crippen molar-refractivity contribution >= 4 is 23.2 Å². The predicted octanol–water partition coefficient (Wildman–Crippen LogP) is 3.89. The van der Waals surface area contributed by atoms with E-state index in [2.05, 4.69) is 15.6 Å². The molecule has 25 heavy (non-hydrogen) atoms. The number of carbonyl (C=O) groups is 2. The number of rotatable bonds is 4. The van der Waals surface area contributed by atoms with Crippen molar-refractivity contribution in [3.8, 4) is 0 Å². The highest BCUT2D eigenvalue weighted by atomic mass is 16.2. The van der Waals surface area contributed by atoms with Gasteiger partial charge < -0.3 is 10.6 Å². The van der Waals surface area contributed by atoms with Crippen LogP contribution in [0.15, 0.2) is 72.8 Å². The molecule has 1 heterocycles. The van der Waals surface area contributed by atoms with Crippen molar-refractivity contribution in [2.75, 3.05) is 10.6 Å². The molecule has 0 aliphatic rings. The molecule has 0 atom stereocenters. The number of pyridine rings is 1. The molecule has 5 heteroatoms. The SMILES string of the molecule is Cc1ccccc1NC(=O)c1cccc(C(=O)Nc2ccccc2)n1. The predicted molar refractivity (Wildman–Crippen MR) is 97.8 cm³/mol. The standard InChI is InChI=1S/C20H17N3O2/c1-14-8-5-6-11-16(14)23-20(25)18-13-7-12-17(22-18)19(24)21-15-9-3-2-4-10-15/h2-13H,1H3,(H,21,24)(H,23,25). The number of anilines is 2. The monoisotopic (exact) mass is 331 g/mol. The summed E-state index contributed by atoms with van der Waals surface area (Å²) in [4.78, 5) is 28.9. The fraction of sp³-hybridized carbons (Fsp3) is 0.0500. The quantitative estimate of drug-likeness (QED) is 0.762. The van der Waals surface area contributed by atoms with Crippen LogP contribution in [0.1, 0.15) is 26.5 Å². The van der Waals surface area contributed by atoms with Crippen LogP contribution >= 0.6 is 0 Å². The van der Waals surface area contributed by atoms with Crippen LogP contribution in [0.25, 0.3) is 0 Å². The number of hydrogen-bond acceptors (Lipinski definition) is 3. The van der Waals surface area contributed by atoms with Gasteiger partial charge in [0.15, 0.2) is 0 Å². The normalized spacial score (nSPS) is 10.1. The number of hydrogen-bond donors (Lipinski definition) is 2. The van der Waals surface area contributed by atoms with E-state index in [0.717, 1.165) is 5.56 Å². The van der Waals surface area contributed by atoms with Gasteiger partial charge in [0, 0.05) is 11.4 Å². The molecule has 0 bridgehead atoms. The van der Waals surface area contributed by atoms with Gasteiger partial charge in [-0.1, -0.05) is 42.5 Å². The molecule has 3 rings (SSSR count). The second kappa shape index (κ2) is 7.40. The van der Waals surface area contributed by atoms with Gasteiger partial charge in [-0.25, -0.2) is 4.98 Å². The average Bonchev–Trinajstić information content (AvgIpc) is 2.64. The molecule has 0 fully saturated rings. The first-order chi connectivity index (χ1) is 12.1. The van der Waals surface area contributed by atoms with Crippen molar-refractivity contribution in [2.24, 2.45) is 0 Å². The number of carbonyl (C=O) groups excluding carboxylic acids is 2. The molecule has 5 nitrogen and oxygen atoms in total. The molecule has 2 aromatic carbocycles. The maximum absolute atomic E-state index is 12.4. The Hall–Kier alpha value is -3.47. The zero-order chi connectivity index (χ0) is 17.6. The Bertz CT molecular complexity index is 908. The summed E-state index contributed by atoms with van der Waals surface area (Å²) in [7, 11) is 0. The Labute approximate surface area is 145 Å². The molecule has 2 N–H and O–H groups in total. The maximum Gasteiger partial charge on any atom is 0.274 e. The summed E-state index contributed by atoms with van der Waals surface area (Å²) >= 11 is 0. The van der Waals surface area contributed by atoms with Crippen molar-refractivity contribution in [2.45, 2.75) is 6.92 Å². The maximum atomic E-state index is 12.4. The number of nitrogens with zero attached hydrogens (tertiary/aromatic N) is 1. The van der Waals surface area contributed by atoms with Crippen LogP contribution in [0.3, 0.4) is 0 Å². The highest BCUT2D eigenvalue weighted by molar-refractivity contribution is 6.06. The van der Waals surface area contributed by atoms with Gasteiger partial charge in [-0.15, -0.1) is 0 Å². The number of amides is 2. The van der Waals surface area contributed by atoms with Crippen LogP contribution < -0.4 is 10.6 Å². The third kappa shape index (κ3) is 4.09. The Morgan fingerprint density at radius 1 is 0.720 bits per heavy atom. The molecule has 124 valence electrons. The average molecular weight is 331 g/mol. The van der Waals surface area contributed by atoms with Crippen LogP contribution in [0, 0.1) is 6.92 Å². The van der Waals surface area contributed by atoms with E-state index in [-0.39, 0.29) is 23.2 Å². The van der Waals surface area contributed by atoms with E-state index < -0.39 is 0 Å². The van der Waals surface area contributed by atoms with Crippen LogP contribution in [-0.4, -0.2) is 16.8 Å². The van der Waals surface area contributed by atoms with E-state index >= 15 is 0 Å². The molecular weight excluding hydrogens is 314 g/mol. The summed E-state index contributed by atoms with van der Waals surface area (Å²) in [6.07, 6.45) is 0. The molecule has 0 spiro atoms. The van der Waals surface area contributed by atoms with Gasteiger partial charge in [0.2, 0.25) is 0 Å². The summed E-state index contributed by atoms with van der Waals surface area (Å²) in [5, 5.41) is 5.56. The molecule has 0 saturated carbocycles. The molecule has 0 aliphatic heterocycles. The third-order valence-corrected chi connectivity index (χ3v) is 3.64. The van der Waals surface area contributed by atoms with E-state index in [1.54, 1.807) is 30.3 Å². The van der Waals surface area contributed by atoms with Gasteiger partial charge in [0.05, 0.1) is 0 Å². The minimum Gasteiger partial charge on any atom is -0.321 e. The Kier molecular flexibility index (Phi) is 4.85. The van der Waals surface area contributed by atoms with Crippen LogP contribution in [-0.2, 0) is 0 Å². The summed E-state index contributed by atoms with van der Waals surface area (Å²) in [5.74, 6) is -0.722. The number of aromatic nitrogens is 1. The van der Waals surface area contributed by atoms with Crippen LogP contribution in [0.4, 0.5) is 11.4 Å². The second-order valence-corrected chi connectivity index (χ2v) is 5.50. The highest BCUT2D eigenvalue weighted by Crippen LogP contribution is 2.14. The lowest BCUT2D eigenvalue weighted by molar-refractivity contribution is 0.101. The molecular formula is C20H17N3O2. The van der Waals surface area contributed by atoms with E-state index in [0.29, 0.717) is 11.4 Å². The van der Waals surface area contributed by atoms with Crippen LogP contribution in [0.5, 0.6) is 0 Å². The van der Waals surface area contributed by atoms with E-state index in [1.807, 2.05) is 49.4 Å². The van der Waals surface area contributed by atoms with Crippen molar-refractivity contribution in [3.05, 3.63) is 89.7 Å². The number of benzene rings is 2. The van der Waals surface area contributed by atoms with Gasteiger partial charge in [0.1, 0.15) is 11.4 Å². The fourth-order valence-corrected chi connectivity index (χ4v) is 2.30. The fourth-order valence-electron chi connectivity index (χ4n) is 2.30. The zero-order valence-electron chi connectivity index (χ0n) is 13.7. The number of nitrogens with one attached hydrogen (secondary N) is 2.